The van der Waals surface area contributed by atoms with E-state index in [1.54, 1.807) is 0 Å². The molecule has 0 unspecified atom stereocenters. The Morgan fingerprint density at radius 1 is 0.675 bits per heavy atom. The second-order valence-electron chi connectivity index (χ2n) is 8.50. The molecule has 2 fully saturated rings. The number of rotatable bonds is 11. The molecule has 40 heavy (non-hydrogen) atoms. The van der Waals surface area contributed by atoms with Crippen molar-refractivity contribution in [2.75, 3.05) is 65.8 Å². The lowest BCUT2D eigenvalue weighted by Gasteiger charge is -2.26. The SMILES string of the molecule is O=[N+]([O-])c1cc(S(=O)(=O)N2CCOCC2)ccc1OCCOc1ccc(S(=O)(=O)N2CCOCC2)cc1[N+](=O)[O-]. The molecule has 2 heterocycles. The summed E-state index contributed by atoms with van der Waals surface area (Å²) < 4.78 is 74.8. The Kier molecular flexibility index (Phi) is 9.16. The minimum atomic E-state index is -3.98. The van der Waals surface area contributed by atoms with Crippen LogP contribution in [0.4, 0.5) is 11.4 Å². The third-order valence-corrected chi connectivity index (χ3v) is 9.86. The highest BCUT2D eigenvalue weighted by Crippen LogP contribution is 2.33. The first-order chi connectivity index (χ1) is 19.0. The highest BCUT2D eigenvalue weighted by atomic mass is 32.2. The molecular weight excluding hydrogens is 576 g/mol. The van der Waals surface area contributed by atoms with Crippen LogP contribution in [-0.2, 0) is 29.5 Å². The molecule has 2 aliphatic rings. The second-order valence-corrected chi connectivity index (χ2v) is 12.4. The summed E-state index contributed by atoms with van der Waals surface area (Å²) in [5.41, 5.74) is -1.17. The Morgan fingerprint density at radius 2 is 1.02 bits per heavy atom. The Hall–Kier alpha value is -3.42. The molecule has 2 aromatic carbocycles. The third kappa shape index (κ3) is 6.48. The lowest BCUT2D eigenvalue weighted by molar-refractivity contribution is -0.386. The fourth-order valence-electron chi connectivity index (χ4n) is 4.02. The van der Waals surface area contributed by atoms with Crippen molar-refractivity contribution in [3.8, 4) is 11.5 Å². The maximum atomic E-state index is 12.8. The van der Waals surface area contributed by atoms with Gasteiger partial charge in [0, 0.05) is 38.3 Å². The van der Waals surface area contributed by atoms with Gasteiger partial charge in [0.1, 0.15) is 13.2 Å². The zero-order valence-corrected chi connectivity index (χ0v) is 22.7. The van der Waals surface area contributed by atoms with Gasteiger partial charge in [-0.1, -0.05) is 0 Å². The van der Waals surface area contributed by atoms with Gasteiger partial charge < -0.3 is 18.9 Å². The van der Waals surface area contributed by atoms with E-state index in [0.29, 0.717) is 0 Å². The Morgan fingerprint density at radius 3 is 1.35 bits per heavy atom. The van der Waals surface area contributed by atoms with Crippen LogP contribution in [0, 0.1) is 20.2 Å². The molecule has 0 aromatic heterocycles. The number of hydrogen-bond acceptors (Lipinski definition) is 12. The Bertz CT molecular complexity index is 1360. The average molecular weight is 603 g/mol. The quantitative estimate of drug-likeness (QED) is 0.201. The van der Waals surface area contributed by atoms with Gasteiger partial charge in [-0.2, -0.15) is 8.61 Å². The summed E-state index contributed by atoms with van der Waals surface area (Å²) >= 11 is 0. The van der Waals surface area contributed by atoms with Crippen LogP contribution in [0.5, 0.6) is 11.5 Å². The molecule has 0 amide bonds. The molecule has 0 saturated carbocycles. The van der Waals surface area contributed by atoms with E-state index in [9.17, 15) is 37.1 Å². The number of nitro benzene ring substituents is 2. The number of nitro groups is 2. The first-order valence-corrected chi connectivity index (χ1v) is 14.9. The highest BCUT2D eigenvalue weighted by molar-refractivity contribution is 7.89. The number of nitrogens with zero attached hydrogens (tertiary/aromatic N) is 4. The summed E-state index contributed by atoms with van der Waals surface area (Å²) in [4.78, 5) is 21.1. The predicted molar refractivity (Wildman–Crippen MR) is 136 cm³/mol. The number of ether oxygens (including phenoxy) is 4. The van der Waals surface area contributed by atoms with Gasteiger partial charge in [-0.15, -0.1) is 0 Å². The van der Waals surface area contributed by atoms with Crippen LogP contribution in [0.1, 0.15) is 0 Å². The molecule has 2 aliphatic heterocycles. The molecule has 0 bridgehead atoms. The summed E-state index contributed by atoms with van der Waals surface area (Å²) in [6.45, 7) is 0.773. The van der Waals surface area contributed by atoms with Gasteiger partial charge in [-0.05, 0) is 24.3 Å². The zero-order chi connectivity index (χ0) is 28.9. The molecule has 16 nitrogen and oxygen atoms in total. The van der Waals surface area contributed by atoms with E-state index in [1.165, 1.54) is 20.7 Å². The maximum Gasteiger partial charge on any atom is 0.312 e. The van der Waals surface area contributed by atoms with Crippen molar-refractivity contribution in [1.29, 1.82) is 0 Å². The molecule has 2 aromatic rings. The number of benzene rings is 2. The van der Waals surface area contributed by atoms with Crippen molar-refractivity contribution < 1.29 is 45.6 Å². The molecule has 0 spiro atoms. The van der Waals surface area contributed by atoms with Gasteiger partial charge >= 0.3 is 11.4 Å². The lowest BCUT2D eigenvalue weighted by atomic mass is 10.3. The van der Waals surface area contributed by atoms with E-state index < -0.39 is 41.3 Å². The van der Waals surface area contributed by atoms with Crippen molar-refractivity contribution in [3.63, 3.8) is 0 Å². The van der Waals surface area contributed by atoms with Gasteiger partial charge in [0.05, 0.1) is 46.1 Å². The van der Waals surface area contributed by atoms with E-state index in [4.69, 9.17) is 18.9 Å². The normalized spacial score (nSPS) is 17.3. The van der Waals surface area contributed by atoms with Gasteiger partial charge in [0.15, 0.2) is 11.5 Å². The van der Waals surface area contributed by atoms with Crippen molar-refractivity contribution in [1.82, 2.24) is 8.61 Å². The highest BCUT2D eigenvalue weighted by Gasteiger charge is 2.31. The van der Waals surface area contributed by atoms with Crippen molar-refractivity contribution in [2.24, 2.45) is 0 Å². The third-order valence-electron chi connectivity index (χ3n) is 6.07. The first kappa shape index (κ1) is 29.6. The minimum Gasteiger partial charge on any atom is -0.483 e. The molecule has 2 saturated heterocycles. The minimum absolute atomic E-state index is 0.123. The molecule has 0 atom stereocenters. The molecule has 18 heteroatoms. The molecule has 0 N–H and O–H groups in total. The fourth-order valence-corrected chi connectivity index (χ4v) is 6.88. The average Bonchev–Trinajstić information content (AvgIpc) is 2.96. The summed E-state index contributed by atoms with van der Waals surface area (Å²) in [7, 11) is -7.96. The van der Waals surface area contributed by atoms with E-state index in [2.05, 4.69) is 0 Å². The van der Waals surface area contributed by atoms with E-state index >= 15 is 0 Å². The van der Waals surface area contributed by atoms with Crippen LogP contribution < -0.4 is 9.47 Å². The molecule has 0 aliphatic carbocycles. The van der Waals surface area contributed by atoms with Crippen molar-refractivity contribution in [3.05, 3.63) is 56.6 Å². The van der Waals surface area contributed by atoms with E-state index in [1.807, 2.05) is 0 Å². The topological polar surface area (TPSA) is 198 Å². The monoisotopic (exact) mass is 602 g/mol. The van der Waals surface area contributed by atoms with Crippen LogP contribution in [-0.4, -0.2) is 101 Å². The van der Waals surface area contributed by atoms with Crippen molar-refractivity contribution >= 4 is 31.4 Å². The van der Waals surface area contributed by atoms with E-state index in [-0.39, 0.29) is 87.1 Å². The van der Waals surface area contributed by atoms with Crippen LogP contribution >= 0.6 is 0 Å². The zero-order valence-electron chi connectivity index (χ0n) is 21.0. The summed E-state index contributed by atoms with van der Waals surface area (Å²) in [5.74, 6) is -0.452. The van der Waals surface area contributed by atoms with Crippen LogP contribution in [0.3, 0.4) is 0 Å². The van der Waals surface area contributed by atoms with Gasteiger partial charge in [0.2, 0.25) is 20.0 Å². The van der Waals surface area contributed by atoms with Gasteiger partial charge in [0.25, 0.3) is 0 Å². The van der Waals surface area contributed by atoms with Crippen LogP contribution in [0.2, 0.25) is 0 Å². The lowest BCUT2D eigenvalue weighted by Crippen LogP contribution is -2.40. The fraction of sp³-hybridized carbons (Fsp3) is 0.455. The number of morpholine rings is 2. The smallest absolute Gasteiger partial charge is 0.312 e. The van der Waals surface area contributed by atoms with Crippen LogP contribution in [0.25, 0.3) is 0 Å². The van der Waals surface area contributed by atoms with Gasteiger partial charge in [-0.3, -0.25) is 20.2 Å². The summed E-state index contributed by atoms with van der Waals surface area (Å²) in [5, 5.41) is 23.2. The first-order valence-electron chi connectivity index (χ1n) is 12.0. The summed E-state index contributed by atoms with van der Waals surface area (Å²) in [6, 6.07) is 6.48. The molecule has 218 valence electrons. The molecule has 4 rings (SSSR count). The van der Waals surface area contributed by atoms with Crippen LogP contribution in [0.15, 0.2) is 46.2 Å². The Balaban J connectivity index is 1.43. The maximum absolute atomic E-state index is 12.8. The number of hydrogen-bond donors (Lipinski definition) is 0. The van der Waals surface area contributed by atoms with Gasteiger partial charge in [-0.25, -0.2) is 16.8 Å². The number of sulfonamides is 2. The summed E-state index contributed by atoms with van der Waals surface area (Å²) in [6.07, 6.45) is 0. The molecule has 0 radical (unpaired) electrons. The van der Waals surface area contributed by atoms with E-state index in [0.717, 1.165) is 24.3 Å². The predicted octanol–water partition coefficient (Wildman–Crippen LogP) is 1.00. The second kappa shape index (κ2) is 12.4. The largest absolute Gasteiger partial charge is 0.483 e. The standard InChI is InChI=1S/C22H26N4O12S2/c27-25(28)19-15-17(39(31,32)23-5-9-35-10-6-23)1-3-21(19)37-13-14-38-22-4-2-18(16-20(22)26(29)30)40(33,34)24-7-11-36-12-8-24/h1-4,15-16H,5-14H2. The van der Waals surface area contributed by atoms with Crippen molar-refractivity contribution in [2.45, 2.75) is 9.79 Å². The molecular formula is C22H26N4O12S2. The Labute approximate surface area is 229 Å².